The Kier molecular flexibility index (Phi) is 4.14. The van der Waals surface area contributed by atoms with Gasteiger partial charge in [0.05, 0.1) is 18.8 Å². The number of ether oxygens (including phenoxy) is 1. The molecule has 2 unspecified atom stereocenters. The van der Waals surface area contributed by atoms with E-state index in [-0.39, 0.29) is 18.0 Å². The highest BCUT2D eigenvalue weighted by atomic mass is 79.9. The van der Waals surface area contributed by atoms with Crippen LogP contribution in [-0.4, -0.2) is 37.7 Å². The van der Waals surface area contributed by atoms with Crippen molar-refractivity contribution < 1.29 is 9.13 Å². The second-order valence-corrected chi connectivity index (χ2v) is 5.15. The molecule has 1 heterocycles. The maximum absolute atomic E-state index is 14.0. The van der Waals surface area contributed by atoms with Crippen molar-refractivity contribution in [1.29, 1.82) is 0 Å². The molecule has 3 nitrogen and oxygen atoms in total. The van der Waals surface area contributed by atoms with Crippen LogP contribution in [0.5, 0.6) is 0 Å². The van der Waals surface area contributed by atoms with Crippen LogP contribution in [0.15, 0.2) is 22.7 Å². The Labute approximate surface area is 109 Å². The van der Waals surface area contributed by atoms with Gasteiger partial charge in [0.25, 0.3) is 0 Å². The van der Waals surface area contributed by atoms with E-state index >= 15 is 0 Å². The SMILES string of the molecule is CN1CCOC(CN)C1c1ccc(Br)cc1F. The van der Waals surface area contributed by atoms with Crippen LogP contribution >= 0.6 is 15.9 Å². The minimum absolute atomic E-state index is 0.109. The van der Waals surface area contributed by atoms with E-state index in [9.17, 15) is 4.39 Å². The van der Waals surface area contributed by atoms with Gasteiger partial charge in [-0.25, -0.2) is 4.39 Å². The van der Waals surface area contributed by atoms with E-state index in [2.05, 4.69) is 20.8 Å². The molecule has 0 spiro atoms. The Morgan fingerprint density at radius 2 is 2.35 bits per heavy atom. The van der Waals surface area contributed by atoms with Crippen LogP contribution in [0.3, 0.4) is 0 Å². The summed E-state index contributed by atoms with van der Waals surface area (Å²) in [6, 6.07) is 5.00. The largest absolute Gasteiger partial charge is 0.374 e. The molecule has 0 radical (unpaired) electrons. The molecule has 0 aliphatic carbocycles. The van der Waals surface area contributed by atoms with Crippen molar-refractivity contribution in [3.8, 4) is 0 Å². The molecule has 17 heavy (non-hydrogen) atoms. The summed E-state index contributed by atoms with van der Waals surface area (Å²) in [7, 11) is 1.97. The summed E-state index contributed by atoms with van der Waals surface area (Å²) >= 11 is 3.26. The molecule has 1 aliphatic heterocycles. The fourth-order valence-corrected chi connectivity index (χ4v) is 2.57. The highest BCUT2D eigenvalue weighted by molar-refractivity contribution is 9.10. The average Bonchev–Trinajstić information content (AvgIpc) is 2.30. The van der Waals surface area contributed by atoms with Gasteiger partial charge in [-0.15, -0.1) is 0 Å². The number of nitrogens with zero attached hydrogens (tertiary/aromatic N) is 1. The van der Waals surface area contributed by atoms with E-state index < -0.39 is 0 Å². The van der Waals surface area contributed by atoms with E-state index in [1.807, 2.05) is 13.1 Å². The fourth-order valence-electron chi connectivity index (χ4n) is 2.24. The van der Waals surface area contributed by atoms with Crippen LogP contribution in [-0.2, 0) is 4.74 Å². The first-order valence-corrected chi connectivity index (χ1v) is 6.39. The van der Waals surface area contributed by atoms with Gasteiger partial charge < -0.3 is 10.5 Å². The molecule has 0 aromatic heterocycles. The molecule has 1 aromatic rings. The lowest BCUT2D eigenvalue weighted by Gasteiger charge is -2.39. The van der Waals surface area contributed by atoms with Crippen molar-refractivity contribution in [2.75, 3.05) is 26.7 Å². The van der Waals surface area contributed by atoms with Crippen LogP contribution < -0.4 is 5.73 Å². The molecular formula is C12H16BrFN2O. The second-order valence-electron chi connectivity index (χ2n) is 4.24. The Morgan fingerprint density at radius 3 is 3.00 bits per heavy atom. The molecule has 1 fully saturated rings. The Balaban J connectivity index is 2.34. The average molecular weight is 303 g/mol. The van der Waals surface area contributed by atoms with Crippen molar-refractivity contribution in [2.24, 2.45) is 5.73 Å². The van der Waals surface area contributed by atoms with Crippen LogP contribution in [0.1, 0.15) is 11.6 Å². The Bertz CT molecular complexity index is 402. The molecule has 1 saturated heterocycles. The number of benzene rings is 1. The van der Waals surface area contributed by atoms with Gasteiger partial charge in [0.2, 0.25) is 0 Å². The van der Waals surface area contributed by atoms with Gasteiger partial charge >= 0.3 is 0 Å². The highest BCUT2D eigenvalue weighted by Crippen LogP contribution is 2.30. The van der Waals surface area contributed by atoms with Gasteiger partial charge in [0.1, 0.15) is 5.82 Å². The summed E-state index contributed by atoms with van der Waals surface area (Å²) in [4.78, 5) is 2.09. The smallest absolute Gasteiger partial charge is 0.129 e. The molecule has 2 rings (SSSR count). The van der Waals surface area contributed by atoms with Crippen molar-refractivity contribution in [3.63, 3.8) is 0 Å². The standard InChI is InChI=1S/C12H16BrFN2O/c1-16-4-5-17-11(7-15)12(16)9-3-2-8(13)6-10(9)14/h2-3,6,11-12H,4-5,7,15H2,1H3. The van der Waals surface area contributed by atoms with Crippen LogP contribution in [0.2, 0.25) is 0 Å². The zero-order valence-electron chi connectivity index (χ0n) is 9.70. The quantitative estimate of drug-likeness (QED) is 0.907. The van der Waals surface area contributed by atoms with Crippen LogP contribution in [0.25, 0.3) is 0 Å². The topological polar surface area (TPSA) is 38.5 Å². The summed E-state index contributed by atoms with van der Waals surface area (Å²) < 4.78 is 20.3. The lowest BCUT2D eigenvalue weighted by molar-refractivity contribution is -0.0586. The minimum atomic E-state index is -0.222. The minimum Gasteiger partial charge on any atom is -0.374 e. The molecule has 2 atom stereocenters. The lowest BCUT2D eigenvalue weighted by Crippen LogP contribution is -2.46. The second kappa shape index (κ2) is 5.44. The fraction of sp³-hybridized carbons (Fsp3) is 0.500. The molecule has 1 aromatic carbocycles. The number of likely N-dealkylation sites (N-methyl/N-ethyl adjacent to an activating group) is 1. The van der Waals surface area contributed by atoms with E-state index in [0.717, 1.165) is 11.0 Å². The monoisotopic (exact) mass is 302 g/mol. The molecule has 0 saturated carbocycles. The predicted octanol–water partition coefficient (Wildman–Crippen LogP) is 1.92. The number of morpholine rings is 1. The van der Waals surface area contributed by atoms with Crippen molar-refractivity contribution in [1.82, 2.24) is 4.90 Å². The number of hydrogen-bond donors (Lipinski definition) is 1. The van der Waals surface area contributed by atoms with E-state index in [1.165, 1.54) is 6.07 Å². The number of hydrogen-bond acceptors (Lipinski definition) is 3. The molecule has 2 N–H and O–H groups in total. The van der Waals surface area contributed by atoms with Gasteiger partial charge in [-0.3, -0.25) is 4.90 Å². The number of rotatable bonds is 2. The van der Waals surface area contributed by atoms with Gasteiger partial charge in [-0.05, 0) is 19.2 Å². The molecule has 94 valence electrons. The van der Waals surface area contributed by atoms with Crippen LogP contribution in [0.4, 0.5) is 4.39 Å². The number of nitrogens with two attached hydrogens (primary N) is 1. The van der Waals surface area contributed by atoms with E-state index in [0.29, 0.717) is 18.7 Å². The lowest BCUT2D eigenvalue weighted by atomic mass is 9.98. The van der Waals surface area contributed by atoms with Gasteiger partial charge in [-0.2, -0.15) is 0 Å². The zero-order valence-corrected chi connectivity index (χ0v) is 11.3. The maximum atomic E-state index is 14.0. The van der Waals surface area contributed by atoms with Gasteiger partial charge in [0.15, 0.2) is 0 Å². The van der Waals surface area contributed by atoms with Crippen molar-refractivity contribution in [2.45, 2.75) is 12.1 Å². The summed E-state index contributed by atoms with van der Waals surface area (Å²) in [6.07, 6.45) is -0.149. The molecular weight excluding hydrogens is 287 g/mol. The molecule has 0 bridgehead atoms. The van der Waals surface area contributed by atoms with Crippen LogP contribution in [0, 0.1) is 5.82 Å². The summed E-state index contributed by atoms with van der Waals surface area (Å²) in [5.41, 5.74) is 6.33. The third kappa shape index (κ3) is 2.68. The zero-order chi connectivity index (χ0) is 12.4. The third-order valence-electron chi connectivity index (χ3n) is 3.12. The van der Waals surface area contributed by atoms with Gasteiger partial charge in [-0.1, -0.05) is 22.0 Å². The summed E-state index contributed by atoms with van der Waals surface area (Å²) in [5.74, 6) is -0.222. The highest BCUT2D eigenvalue weighted by Gasteiger charge is 2.32. The maximum Gasteiger partial charge on any atom is 0.129 e. The van der Waals surface area contributed by atoms with Crippen molar-refractivity contribution in [3.05, 3.63) is 34.1 Å². The Hall–Kier alpha value is -0.490. The third-order valence-corrected chi connectivity index (χ3v) is 3.61. The molecule has 0 amide bonds. The first kappa shape index (κ1) is 13.0. The van der Waals surface area contributed by atoms with E-state index in [1.54, 1.807) is 6.07 Å². The molecule has 1 aliphatic rings. The summed E-state index contributed by atoms with van der Waals surface area (Å²) in [5, 5.41) is 0. The van der Waals surface area contributed by atoms with E-state index in [4.69, 9.17) is 10.5 Å². The van der Waals surface area contributed by atoms with Crippen molar-refractivity contribution >= 4 is 15.9 Å². The van der Waals surface area contributed by atoms with Gasteiger partial charge in [0, 0.05) is 23.1 Å². The predicted molar refractivity (Wildman–Crippen MR) is 68.3 cm³/mol. The number of halogens is 2. The first-order valence-electron chi connectivity index (χ1n) is 5.60. The first-order chi connectivity index (χ1) is 8.13. The Morgan fingerprint density at radius 1 is 1.59 bits per heavy atom. The molecule has 5 heteroatoms. The normalized spacial score (nSPS) is 26.1. The summed E-state index contributed by atoms with van der Waals surface area (Å²) in [6.45, 7) is 1.83.